The van der Waals surface area contributed by atoms with Gasteiger partial charge in [0.15, 0.2) is 0 Å². The second kappa shape index (κ2) is 16.7. The molecule has 3 aromatic rings. The van der Waals surface area contributed by atoms with Crippen molar-refractivity contribution in [3.8, 4) is 11.5 Å². The SMILES string of the molecule is CCCCCCC(C=Nc1ccccc1)=Nc1ccccc1.CCc1c(C)ccc([O-])c1[O-].[Ni+2]. The first kappa shape index (κ1) is 29.1. The number of unbranched alkanes of at least 4 members (excludes halogenated alkanes) is 3. The molecule has 0 saturated heterocycles. The quantitative estimate of drug-likeness (QED) is 0.183. The third-order valence-corrected chi connectivity index (χ3v) is 5.25. The Morgan fingerprint density at radius 1 is 0.794 bits per heavy atom. The zero-order valence-corrected chi connectivity index (χ0v) is 21.3. The van der Waals surface area contributed by atoms with Crippen LogP contribution >= 0.6 is 0 Å². The maximum Gasteiger partial charge on any atom is 2.00 e. The van der Waals surface area contributed by atoms with Crippen LogP contribution in [0.4, 0.5) is 11.4 Å². The monoisotopic (exact) mass is 500 g/mol. The Hall–Kier alpha value is -2.91. The van der Waals surface area contributed by atoms with E-state index in [1.165, 1.54) is 31.7 Å². The van der Waals surface area contributed by atoms with Gasteiger partial charge in [0.2, 0.25) is 0 Å². The number of nitrogens with zero attached hydrogens (tertiary/aromatic N) is 2. The Morgan fingerprint density at radius 3 is 1.97 bits per heavy atom. The van der Waals surface area contributed by atoms with Gasteiger partial charge in [0, 0.05) is 6.21 Å². The Labute approximate surface area is 214 Å². The topological polar surface area (TPSA) is 70.8 Å². The van der Waals surface area contributed by atoms with Gasteiger partial charge in [-0.15, -0.1) is 11.5 Å². The number of aliphatic imine (C=N–C) groups is 2. The van der Waals surface area contributed by atoms with Crippen LogP contribution in [-0.4, -0.2) is 11.9 Å². The fourth-order valence-corrected chi connectivity index (χ4v) is 3.36. The molecule has 3 rings (SSSR count). The second-order valence-electron chi connectivity index (χ2n) is 7.88. The molecular formula is C29H34N2NiO2. The van der Waals surface area contributed by atoms with E-state index in [2.05, 4.69) is 11.9 Å². The minimum absolute atomic E-state index is 0. The van der Waals surface area contributed by atoms with Crippen LogP contribution in [0.3, 0.4) is 0 Å². The van der Waals surface area contributed by atoms with E-state index < -0.39 is 5.75 Å². The molecule has 0 fully saturated rings. The van der Waals surface area contributed by atoms with Gasteiger partial charge in [-0.1, -0.05) is 87.2 Å². The normalized spacial score (nSPS) is 11.0. The van der Waals surface area contributed by atoms with Gasteiger partial charge in [0.1, 0.15) is 0 Å². The fourth-order valence-electron chi connectivity index (χ4n) is 3.36. The molecule has 182 valence electrons. The Kier molecular flexibility index (Phi) is 14.3. The van der Waals surface area contributed by atoms with Crippen LogP contribution in [0.25, 0.3) is 0 Å². The predicted molar refractivity (Wildman–Crippen MR) is 136 cm³/mol. The number of rotatable bonds is 9. The van der Waals surface area contributed by atoms with Crippen LogP contribution < -0.4 is 10.2 Å². The summed E-state index contributed by atoms with van der Waals surface area (Å²) in [4.78, 5) is 9.28. The van der Waals surface area contributed by atoms with E-state index in [1.54, 1.807) is 6.07 Å². The molecule has 0 N–H and O–H groups in total. The van der Waals surface area contributed by atoms with E-state index in [0.717, 1.165) is 29.1 Å². The first-order valence-electron chi connectivity index (χ1n) is 11.7. The van der Waals surface area contributed by atoms with Crippen molar-refractivity contribution in [1.82, 2.24) is 0 Å². The maximum absolute atomic E-state index is 11.1. The summed E-state index contributed by atoms with van der Waals surface area (Å²) in [6, 6.07) is 23.2. The first-order chi connectivity index (χ1) is 16.0. The predicted octanol–water partition coefficient (Wildman–Crippen LogP) is 6.83. The third-order valence-electron chi connectivity index (χ3n) is 5.25. The summed E-state index contributed by atoms with van der Waals surface area (Å²) in [5.74, 6) is -0.736. The van der Waals surface area contributed by atoms with E-state index in [4.69, 9.17) is 4.99 Å². The van der Waals surface area contributed by atoms with Gasteiger partial charge in [-0.3, -0.25) is 9.98 Å². The van der Waals surface area contributed by atoms with Crippen molar-refractivity contribution in [2.75, 3.05) is 0 Å². The Balaban J connectivity index is 0.000000407. The van der Waals surface area contributed by atoms with E-state index >= 15 is 0 Å². The first-order valence-corrected chi connectivity index (χ1v) is 11.7. The summed E-state index contributed by atoms with van der Waals surface area (Å²) in [6.07, 6.45) is 8.49. The van der Waals surface area contributed by atoms with Gasteiger partial charge in [-0.05, 0) is 56.0 Å². The smallest absolute Gasteiger partial charge is 0.873 e. The molecule has 3 aromatic carbocycles. The molecule has 0 aliphatic rings. The zero-order valence-electron chi connectivity index (χ0n) is 20.3. The number of benzene rings is 3. The summed E-state index contributed by atoms with van der Waals surface area (Å²) < 4.78 is 0. The van der Waals surface area contributed by atoms with E-state index in [-0.39, 0.29) is 22.2 Å². The molecule has 0 amide bonds. The molecule has 0 aliphatic heterocycles. The van der Waals surface area contributed by atoms with Crippen molar-refractivity contribution >= 4 is 23.3 Å². The molecule has 4 nitrogen and oxygen atoms in total. The van der Waals surface area contributed by atoms with Gasteiger partial charge in [0.25, 0.3) is 0 Å². The number of aryl methyl sites for hydroxylation is 1. The zero-order chi connectivity index (χ0) is 23.9. The second-order valence-corrected chi connectivity index (χ2v) is 7.88. The van der Waals surface area contributed by atoms with Crippen LogP contribution in [0.5, 0.6) is 11.5 Å². The average molecular weight is 501 g/mol. The van der Waals surface area contributed by atoms with Gasteiger partial charge >= 0.3 is 16.5 Å². The standard InChI is InChI=1S/C20H24N2.C9H12O2.Ni/c1-2-3-4-7-16-20(22-19-14-10-6-11-15-19)17-21-18-12-8-5-9-13-18;1-3-7-6(2)4-5-8(10)9(7)11;/h5-6,8-15,17H,2-4,7,16H2,1H3;4-5,10-11H,3H2,1-2H3;/q;;+2/p-2. The molecule has 0 saturated carbocycles. The van der Waals surface area contributed by atoms with Crippen molar-refractivity contribution in [1.29, 1.82) is 0 Å². The number of para-hydroxylation sites is 2. The summed E-state index contributed by atoms with van der Waals surface area (Å²) in [6.45, 7) is 5.96. The molecule has 0 bridgehead atoms. The van der Waals surface area contributed by atoms with Crippen LogP contribution in [0.1, 0.15) is 57.1 Å². The minimum atomic E-state index is -0.396. The summed E-state index contributed by atoms with van der Waals surface area (Å²) in [5.41, 5.74) is 4.57. The molecule has 34 heavy (non-hydrogen) atoms. The molecule has 0 aromatic heterocycles. The van der Waals surface area contributed by atoms with Gasteiger partial charge in [-0.25, -0.2) is 0 Å². The van der Waals surface area contributed by atoms with E-state index in [1.807, 2.05) is 80.7 Å². The molecular weight excluding hydrogens is 467 g/mol. The van der Waals surface area contributed by atoms with Gasteiger partial charge in [-0.2, -0.15) is 0 Å². The molecule has 0 atom stereocenters. The van der Waals surface area contributed by atoms with Crippen molar-refractivity contribution in [3.05, 3.63) is 83.9 Å². The average Bonchev–Trinajstić information content (AvgIpc) is 2.85. The fraction of sp³-hybridized carbons (Fsp3) is 0.310. The largest absolute Gasteiger partial charge is 2.00 e. The molecule has 0 radical (unpaired) electrons. The van der Waals surface area contributed by atoms with Crippen molar-refractivity contribution in [2.24, 2.45) is 9.98 Å². The summed E-state index contributed by atoms with van der Waals surface area (Å²) in [7, 11) is 0. The third kappa shape index (κ3) is 10.4. The van der Waals surface area contributed by atoms with Crippen LogP contribution in [-0.2, 0) is 22.9 Å². The molecule has 0 unspecified atom stereocenters. The molecule has 0 spiro atoms. The summed E-state index contributed by atoms with van der Waals surface area (Å²) in [5, 5.41) is 21.9. The number of hydrogen-bond acceptors (Lipinski definition) is 4. The Morgan fingerprint density at radius 2 is 1.41 bits per heavy atom. The molecule has 0 aliphatic carbocycles. The number of hydrogen-bond donors (Lipinski definition) is 0. The van der Waals surface area contributed by atoms with E-state index in [9.17, 15) is 10.2 Å². The van der Waals surface area contributed by atoms with Crippen molar-refractivity contribution in [2.45, 2.75) is 59.3 Å². The van der Waals surface area contributed by atoms with Gasteiger partial charge < -0.3 is 10.2 Å². The maximum atomic E-state index is 11.1. The van der Waals surface area contributed by atoms with Gasteiger partial charge in [0.05, 0.1) is 17.1 Å². The summed E-state index contributed by atoms with van der Waals surface area (Å²) >= 11 is 0. The van der Waals surface area contributed by atoms with Crippen molar-refractivity contribution in [3.63, 3.8) is 0 Å². The van der Waals surface area contributed by atoms with E-state index in [0.29, 0.717) is 12.0 Å². The Bertz CT molecular complexity index is 1020. The minimum Gasteiger partial charge on any atom is -0.873 e. The van der Waals surface area contributed by atoms with Crippen LogP contribution in [0, 0.1) is 6.92 Å². The molecule has 5 heteroatoms. The molecule has 0 heterocycles. The van der Waals surface area contributed by atoms with Crippen LogP contribution in [0.2, 0.25) is 0 Å². The van der Waals surface area contributed by atoms with Crippen molar-refractivity contribution < 1.29 is 26.7 Å². The van der Waals surface area contributed by atoms with Crippen LogP contribution in [0.15, 0.2) is 82.8 Å².